The molecule has 0 bridgehead atoms. The van der Waals surface area contributed by atoms with E-state index in [1.165, 1.54) is 0 Å². The van der Waals surface area contributed by atoms with Crippen molar-refractivity contribution in [1.82, 2.24) is 14.8 Å². The van der Waals surface area contributed by atoms with Crippen molar-refractivity contribution in [3.63, 3.8) is 0 Å². The zero-order chi connectivity index (χ0) is 15.8. The lowest BCUT2D eigenvalue weighted by Crippen LogP contribution is -2.20. The van der Waals surface area contributed by atoms with Gasteiger partial charge in [-0.3, -0.25) is 0 Å². The van der Waals surface area contributed by atoms with Crippen molar-refractivity contribution < 1.29 is 0 Å². The van der Waals surface area contributed by atoms with Crippen LogP contribution in [0, 0.1) is 0 Å². The third kappa shape index (κ3) is 2.78. The van der Waals surface area contributed by atoms with Crippen molar-refractivity contribution in [3.8, 4) is 0 Å². The summed E-state index contributed by atoms with van der Waals surface area (Å²) in [5.41, 5.74) is 3.20. The van der Waals surface area contributed by atoms with E-state index in [0.717, 1.165) is 32.3 Å². The number of benzene rings is 2. The van der Waals surface area contributed by atoms with Gasteiger partial charge >= 0.3 is 0 Å². The van der Waals surface area contributed by atoms with Gasteiger partial charge in [0.15, 0.2) is 0 Å². The highest BCUT2D eigenvalue weighted by molar-refractivity contribution is 9.10. The fourth-order valence-electron chi connectivity index (χ4n) is 2.66. The van der Waals surface area contributed by atoms with Gasteiger partial charge in [-0.1, -0.05) is 51.8 Å². The lowest BCUT2D eigenvalue weighted by atomic mass is 10.0. The summed E-state index contributed by atoms with van der Waals surface area (Å²) in [6.07, 6.45) is 3.70. The molecule has 0 saturated heterocycles. The second-order valence-corrected chi connectivity index (χ2v) is 6.59. The Morgan fingerprint density at radius 1 is 1.13 bits per heavy atom. The van der Waals surface area contributed by atoms with Gasteiger partial charge < -0.3 is 5.32 Å². The molecule has 4 nitrogen and oxygen atoms in total. The highest BCUT2D eigenvalue weighted by atomic mass is 79.9. The molecular weight excluding hydrogens is 376 g/mol. The van der Waals surface area contributed by atoms with Gasteiger partial charge in [0.2, 0.25) is 5.95 Å². The average Bonchev–Trinajstić information content (AvgIpc) is 3.03. The van der Waals surface area contributed by atoms with Crippen molar-refractivity contribution >= 4 is 39.2 Å². The molecule has 0 radical (unpaired) electrons. The molecule has 23 heavy (non-hydrogen) atoms. The highest BCUT2D eigenvalue weighted by Gasteiger charge is 2.23. The number of fused-ring (bicyclic) bond motifs is 1. The van der Waals surface area contributed by atoms with Gasteiger partial charge in [0, 0.05) is 15.2 Å². The zero-order valence-electron chi connectivity index (χ0n) is 11.9. The van der Waals surface area contributed by atoms with Crippen molar-refractivity contribution in [2.45, 2.75) is 6.04 Å². The third-order valence-electron chi connectivity index (χ3n) is 3.75. The molecule has 3 aromatic rings. The first-order chi connectivity index (χ1) is 11.2. The van der Waals surface area contributed by atoms with E-state index in [1.807, 2.05) is 41.1 Å². The van der Waals surface area contributed by atoms with Crippen LogP contribution < -0.4 is 5.32 Å². The molecule has 1 atom stereocenters. The van der Waals surface area contributed by atoms with Crippen LogP contribution >= 0.6 is 27.5 Å². The summed E-state index contributed by atoms with van der Waals surface area (Å²) in [5.74, 6) is 0.724. The highest BCUT2D eigenvalue weighted by Crippen LogP contribution is 2.32. The van der Waals surface area contributed by atoms with Gasteiger partial charge in [-0.15, -0.1) is 0 Å². The summed E-state index contributed by atoms with van der Waals surface area (Å²) in [4.78, 5) is 4.31. The number of anilines is 1. The van der Waals surface area contributed by atoms with E-state index in [4.69, 9.17) is 11.6 Å². The molecule has 2 aromatic carbocycles. The molecule has 2 heterocycles. The number of aromatic nitrogens is 3. The second kappa shape index (κ2) is 5.83. The quantitative estimate of drug-likeness (QED) is 0.690. The fourth-order valence-corrected chi connectivity index (χ4v) is 3.18. The Hall–Kier alpha value is -2.11. The van der Waals surface area contributed by atoms with Crippen LogP contribution in [0.2, 0.25) is 5.02 Å². The van der Waals surface area contributed by atoms with E-state index in [9.17, 15) is 0 Å². The number of allylic oxidation sites excluding steroid dienone is 1. The third-order valence-corrected chi connectivity index (χ3v) is 4.50. The van der Waals surface area contributed by atoms with Crippen LogP contribution in [-0.4, -0.2) is 14.8 Å². The average molecular weight is 388 g/mol. The van der Waals surface area contributed by atoms with Crippen LogP contribution in [0.5, 0.6) is 0 Å². The molecule has 0 fully saturated rings. The summed E-state index contributed by atoms with van der Waals surface area (Å²) in [6.45, 7) is 0. The monoisotopic (exact) mass is 386 g/mol. The molecular formula is C17H12BrClN4. The minimum atomic E-state index is -0.0278. The first kappa shape index (κ1) is 14.5. The lowest BCUT2D eigenvalue weighted by molar-refractivity contribution is 0.612. The van der Waals surface area contributed by atoms with Crippen LogP contribution in [0.4, 0.5) is 5.95 Å². The Morgan fingerprint density at radius 2 is 1.96 bits per heavy atom. The summed E-state index contributed by atoms with van der Waals surface area (Å²) in [7, 11) is 0. The maximum Gasteiger partial charge on any atom is 0.226 e. The molecule has 0 amide bonds. The lowest BCUT2D eigenvalue weighted by Gasteiger charge is -2.24. The molecule has 1 aliphatic heterocycles. The van der Waals surface area contributed by atoms with Crippen molar-refractivity contribution in [2.75, 3.05) is 5.32 Å². The second-order valence-electron chi connectivity index (χ2n) is 5.24. The van der Waals surface area contributed by atoms with Gasteiger partial charge in [0.25, 0.3) is 0 Å². The summed E-state index contributed by atoms with van der Waals surface area (Å²) in [6, 6.07) is 15.9. The normalized spacial score (nSPS) is 16.4. The fraction of sp³-hybridized carbons (Fsp3) is 0.0588. The molecule has 0 aliphatic carbocycles. The van der Waals surface area contributed by atoms with Crippen LogP contribution in [-0.2, 0) is 0 Å². The number of nitrogens with one attached hydrogen (secondary N) is 1. The largest absolute Gasteiger partial charge is 0.324 e. The smallest absolute Gasteiger partial charge is 0.226 e. The van der Waals surface area contributed by atoms with Crippen LogP contribution in [0.1, 0.15) is 17.2 Å². The Balaban J connectivity index is 1.81. The Labute approximate surface area is 146 Å². The van der Waals surface area contributed by atoms with Gasteiger partial charge in [-0.2, -0.15) is 10.1 Å². The Morgan fingerprint density at radius 3 is 2.74 bits per heavy atom. The molecule has 0 saturated carbocycles. The molecule has 1 aromatic heterocycles. The summed E-state index contributed by atoms with van der Waals surface area (Å²) < 4.78 is 2.90. The van der Waals surface area contributed by atoms with Crippen LogP contribution in [0.3, 0.4) is 0 Å². The standard InChI is InChI=1S/C17H12BrClN4/c18-13-3-1-2-12(8-13)15-9-16(11-4-6-14(19)7-5-11)23-17(22-15)20-10-21-23/h1-10,16H,(H,20,21,22). The number of nitrogens with zero attached hydrogens (tertiary/aromatic N) is 3. The minimum Gasteiger partial charge on any atom is -0.324 e. The van der Waals surface area contributed by atoms with Gasteiger partial charge in [-0.25, -0.2) is 4.68 Å². The molecule has 4 rings (SSSR count). The SMILES string of the molecule is Clc1ccc(C2C=C(c3cccc(Br)c3)Nc3ncnn32)cc1. The molecule has 1 N–H and O–H groups in total. The molecule has 114 valence electrons. The molecule has 6 heteroatoms. The van der Waals surface area contributed by atoms with Crippen LogP contribution in [0.25, 0.3) is 5.70 Å². The number of rotatable bonds is 2. The summed E-state index contributed by atoms with van der Waals surface area (Å²) >= 11 is 9.52. The minimum absolute atomic E-state index is 0.0278. The molecule has 1 aliphatic rings. The predicted octanol–water partition coefficient (Wildman–Crippen LogP) is 4.75. The Bertz CT molecular complexity index is 886. The number of hydrogen-bond acceptors (Lipinski definition) is 3. The van der Waals surface area contributed by atoms with E-state index in [1.54, 1.807) is 6.33 Å². The van der Waals surface area contributed by atoms with Gasteiger partial charge in [0.05, 0.1) is 0 Å². The number of halogens is 2. The van der Waals surface area contributed by atoms with Crippen molar-refractivity contribution in [3.05, 3.63) is 81.6 Å². The maximum absolute atomic E-state index is 6.00. The molecule has 1 unspecified atom stereocenters. The topological polar surface area (TPSA) is 42.7 Å². The van der Waals surface area contributed by atoms with Crippen molar-refractivity contribution in [1.29, 1.82) is 0 Å². The number of hydrogen-bond donors (Lipinski definition) is 1. The van der Waals surface area contributed by atoms with E-state index >= 15 is 0 Å². The van der Waals surface area contributed by atoms with Crippen molar-refractivity contribution in [2.24, 2.45) is 0 Å². The maximum atomic E-state index is 6.00. The Kier molecular flexibility index (Phi) is 3.67. The van der Waals surface area contributed by atoms with Gasteiger partial charge in [-0.05, 0) is 41.5 Å². The first-order valence-electron chi connectivity index (χ1n) is 7.10. The van der Waals surface area contributed by atoms with E-state index < -0.39 is 0 Å². The van der Waals surface area contributed by atoms with Crippen LogP contribution in [0.15, 0.2) is 65.4 Å². The van der Waals surface area contributed by atoms with E-state index in [-0.39, 0.29) is 6.04 Å². The summed E-state index contributed by atoms with van der Waals surface area (Å²) in [5, 5.41) is 8.39. The molecule has 0 spiro atoms. The zero-order valence-corrected chi connectivity index (χ0v) is 14.3. The van der Waals surface area contributed by atoms with E-state index in [0.29, 0.717) is 0 Å². The predicted molar refractivity (Wildman–Crippen MR) is 95.4 cm³/mol. The van der Waals surface area contributed by atoms with E-state index in [2.05, 4.69) is 49.5 Å². The van der Waals surface area contributed by atoms with Gasteiger partial charge in [0.1, 0.15) is 12.4 Å². The first-order valence-corrected chi connectivity index (χ1v) is 8.27.